The molecule has 0 aliphatic heterocycles. The minimum Gasteiger partial charge on any atom is -0.494 e. The predicted molar refractivity (Wildman–Crippen MR) is 62.7 cm³/mol. The number of hydrogen-bond donors (Lipinski definition) is 1. The maximum Gasteiger partial charge on any atom is 0.191 e. The summed E-state index contributed by atoms with van der Waals surface area (Å²) in [4.78, 5) is 11.9. The van der Waals surface area contributed by atoms with Crippen LogP contribution < -0.4 is 4.74 Å². The highest BCUT2D eigenvalue weighted by Crippen LogP contribution is 2.24. The highest BCUT2D eigenvalue weighted by atomic mass is 19.1. The molecule has 0 fully saturated rings. The minimum atomic E-state index is -1.16. The smallest absolute Gasteiger partial charge is 0.191 e. The predicted octanol–water partition coefficient (Wildman–Crippen LogP) is 2.42. The Kier molecular flexibility index (Phi) is 3.88. The Labute approximate surface area is 100 Å². The first kappa shape index (κ1) is 13.6. The maximum atomic E-state index is 13.4. The summed E-state index contributed by atoms with van der Waals surface area (Å²) in [6, 6.07) is 3.90. The molecule has 0 spiro atoms. The molecule has 0 amide bonds. The molecule has 0 saturated carbocycles. The number of hydrogen-bond acceptors (Lipinski definition) is 3. The molecule has 0 bridgehead atoms. The van der Waals surface area contributed by atoms with Crippen molar-refractivity contribution < 1.29 is 19.0 Å². The number of carbonyl (C=O) groups is 1. The number of ketones is 1. The molecule has 17 heavy (non-hydrogen) atoms. The summed E-state index contributed by atoms with van der Waals surface area (Å²) < 4.78 is 18.2. The van der Waals surface area contributed by atoms with Crippen molar-refractivity contribution in [3.8, 4) is 5.75 Å². The van der Waals surface area contributed by atoms with Crippen LogP contribution in [0.4, 0.5) is 4.39 Å². The van der Waals surface area contributed by atoms with Gasteiger partial charge in [0.05, 0.1) is 7.11 Å². The summed E-state index contributed by atoms with van der Waals surface area (Å²) in [5.41, 5.74) is -0.432. The third-order valence-electron chi connectivity index (χ3n) is 2.50. The van der Waals surface area contributed by atoms with Crippen molar-refractivity contribution in [1.82, 2.24) is 0 Å². The highest BCUT2D eigenvalue weighted by Gasteiger charge is 2.30. The van der Waals surface area contributed by atoms with Crippen LogP contribution in [-0.2, 0) is 0 Å². The van der Waals surface area contributed by atoms with Gasteiger partial charge in [0.25, 0.3) is 0 Å². The number of benzene rings is 1. The van der Waals surface area contributed by atoms with Gasteiger partial charge in [-0.05, 0) is 23.6 Å². The van der Waals surface area contributed by atoms with E-state index in [9.17, 15) is 14.3 Å². The molecule has 0 radical (unpaired) electrons. The molecule has 1 unspecified atom stereocenters. The van der Waals surface area contributed by atoms with Crippen molar-refractivity contribution in [2.24, 2.45) is 5.41 Å². The molecule has 0 aliphatic rings. The molecule has 1 aromatic rings. The summed E-state index contributed by atoms with van der Waals surface area (Å²) in [5.74, 6) is -1.02. The van der Waals surface area contributed by atoms with Crippen LogP contribution in [0.2, 0.25) is 0 Å². The zero-order chi connectivity index (χ0) is 13.2. The van der Waals surface area contributed by atoms with Crippen molar-refractivity contribution in [2.75, 3.05) is 7.11 Å². The average molecular weight is 240 g/mol. The summed E-state index contributed by atoms with van der Waals surface area (Å²) in [6.07, 6.45) is -1.16. The molecular weight excluding hydrogens is 223 g/mol. The van der Waals surface area contributed by atoms with Crippen LogP contribution in [-0.4, -0.2) is 24.1 Å². The van der Waals surface area contributed by atoms with Crippen molar-refractivity contribution in [1.29, 1.82) is 0 Å². The number of ether oxygens (including phenoxy) is 1. The van der Waals surface area contributed by atoms with Gasteiger partial charge in [-0.1, -0.05) is 20.8 Å². The number of rotatable bonds is 3. The molecule has 94 valence electrons. The van der Waals surface area contributed by atoms with Gasteiger partial charge < -0.3 is 9.84 Å². The Bertz CT molecular complexity index is 421. The molecule has 1 aromatic carbocycles. The van der Waals surface area contributed by atoms with E-state index in [4.69, 9.17) is 4.74 Å². The first-order valence-corrected chi connectivity index (χ1v) is 5.33. The number of halogens is 1. The van der Waals surface area contributed by atoms with Crippen LogP contribution in [0.5, 0.6) is 5.75 Å². The van der Waals surface area contributed by atoms with E-state index in [0.717, 1.165) is 6.07 Å². The second-order valence-electron chi connectivity index (χ2n) is 4.98. The van der Waals surface area contributed by atoms with E-state index in [0.29, 0.717) is 0 Å². The Hall–Kier alpha value is -1.42. The molecule has 0 saturated heterocycles. The number of carbonyl (C=O) groups excluding carboxylic acids is 1. The van der Waals surface area contributed by atoms with Gasteiger partial charge in [-0.15, -0.1) is 0 Å². The zero-order valence-electron chi connectivity index (χ0n) is 10.5. The standard InChI is InChI=1S/C13H17FO3/c1-13(2,3)12(16)11(15)8-5-6-10(17-4)9(14)7-8/h5-7,12,16H,1-4H3. The van der Waals surface area contributed by atoms with E-state index in [1.807, 2.05) is 0 Å². The Morgan fingerprint density at radius 1 is 1.41 bits per heavy atom. The normalized spacial score (nSPS) is 13.3. The van der Waals surface area contributed by atoms with E-state index in [1.165, 1.54) is 19.2 Å². The molecule has 1 N–H and O–H groups in total. The molecular formula is C13H17FO3. The van der Waals surface area contributed by atoms with Crippen LogP contribution in [0.1, 0.15) is 31.1 Å². The Balaban J connectivity index is 3.02. The van der Waals surface area contributed by atoms with Gasteiger partial charge >= 0.3 is 0 Å². The quantitative estimate of drug-likeness (QED) is 0.825. The fraction of sp³-hybridized carbons (Fsp3) is 0.462. The second-order valence-corrected chi connectivity index (χ2v) is 4.98. The summed E-state index contributed by atoms with van der Waals surface area (Å²) in [5, 5.41) is 9.82. The lowest BCUT2D eigenvalue weighted by Crippen LogP contribution is -2.34. The van der Waals surface area contributed by atoms with E-state index < -0.39 is 23.1 Å². The van der Waals surface area contributed by atoms with Crippen molar-refractivity contribution >= 4 is 5.78 Å². The fourth-order valence-corrected chi connectivity index (χ4v) is 1.37. The molecule has 0 aliphatic carbocycles. The Morgan fingerprint density at radius 2 is 2.00 bits per heavy atom. The lowest BCUT2D eigenvalue weighted by atomic mass is 9.84. The molecule has 0 heterocycles. The lowest BCUT2D eigenvalue weighted by Gasteiger charge is -2.24. The molecule has 1 rings (SSSR count). The maximum absolute atomic E-state index is 13.4. The van der Waals surface area contributed by atoms with E-state index in [-0.39, 0.29) is 11.3 Å². The molecule has 1 atom stereocenters. The van der Waals surface area contributed by atoms with Gasteiger partial charge in [-0.3, -0.25) is 4.79 Å². The molecule has 4 heteroatoms. The second kappa shape index (κ2) is 4.84. The number of aliphatic hydroxyl groups excluding tert-OH is 1. The van der Waals surface area contributed by atoms with Gasteiger partial charge in [-0.25, -0.2) is 4.39 Å². The van der Waals surface area contributed by atoms with E-state index >= 15 is 0 Å². The largest absolute Gasteiger partial charge is 0.494 e. The fourth-order valence-electron chi connectivity index (χ4n) is 1.37. The van der Waals surface area contributed by atoms with Crippen LogP contribution in [0.3, 0.4) is 0 Å². The topological polar surface area (TPSA) is 46.5 Å². The van der Waals surface area contributed by atoms with Crippen LogP contribution in [0.25, 0.3) is 0 Å². The zero-order valence-corrected chi connectivity index (χ0v) is 10.5. The summed E-state index contributed by atoms with van der Waals surface area (Å²) in [7, 11) is 1.35. The van der Waals surface area contributed by atoms with Crippen molar-refractivity contribution in [2.45, 2.75) is 26.9 Å². The summed E-state index contributed by atoms with van der Waals surface area (Å²) in [6.45, 7) is 5.24. The first-order valence-electron chi connectivity index (χ1n) is 5.33. The van der Waals surface area contributed by atoms with Crippen LogP contribution in [0, 0.1) is 11.2 Å². The number of aliphatic hydroxyl groups is 1. The van der Waals surface area contributed by atoms with Crippen molar-refractivity contribution in [3.05, 3.63) is 29.6 Å². The van der Waals surface area contributed by atoms with Crippen LogP contribution in [0.15, 0.2) is 18.2 Å². The average Bonchev–Trinajstić information content (AvgIpc) is 2.25. The van der Waals surface area contributed by atoms with Crippen LogP contribution >= 0.6 is 0 Å². The third kappa shape index (κ3) is 3.03. The first-order chi connectivity index (χ1) is 7.77. The molecule has 3 nitrogen and oxygen atoms in total. The van der Waals surface area contributed by atoms with Gasteiger partial charge in [0.15, 0.2) is 17.3 Å². The van der Waals surface area contributed by atoms with E-state index in [2.05, 4.69) is 0 Å². The number of methoxy groups -OCH3 is 1. The van der Waals surface area contributed by atoms with Gasteiger partial charge in [-0.2, -0.15) is 0 Å². The van der Waals surface area contributed by atoms with E-state index in [1.54, 1.807) is 20.8 Å². The van der Waals surface area contributed by atoms with Crippen molar-refractivity contribution in [3.63, 3.8) is 0 Å². The summed E-state index contributed by atoms with van der Waals surface area (Å²) >= 11 is 0. The lowest BCUT2D eigenvalue weighted by molar-refractivity contribution is 0.0442. The van der Waals surface area contributed by atoms with Gasteiger partial charge in [0, 0.05) is 5.56 Å². The Morgan fingerprint density at radius 3 is 2.41 bits per heavy atom. The third-order valence-corrected chi connectivity index (χ3v) is 2.50. The highest BCUT2D eigenvalue weighted by molar-refractivity contribution is 5.99. The monoisotopic (exact) mass is 240 g/mol. The van der Waals surface area contributed by atoms with Gasteiger partial charge in [0.1, 0.15) is 6.10 Å². The SMILES string of the molecule is COc1ccc(C(=O)C(O)C(C)(C)C)cc1F. The number of Topliss-reactive ketones (excluding diaryl/α,β-unsaturated/α-hetero) is 1. The molecule has 0 aromatic heterocycles. The minimum absolute atomic E-state index is 0.0757. The van der Waals surface area contributed by atoms with Gasteiger partial charge in [0.2, 0.25) is 0 Å².